The van der Waals surface area contributed by atoms with Crippen molar-refractivity contribution in [3.05, 3.63) is 24.2 Å². The maximum absolute atomic E-state index is 10.9. The second-order valence-corrected chi connectivity index (χ2v) is 1.83. The van der Waals surface area contributed by atoms with Crippen molar-refractivity contribution in [2.45, 2.75) is 0 Å². The number of hydrogen-bond donors (Lipinski definition) is 0. The van der Waals surface area contributed by atoms with Crippen molar-refractivity contribution >= 4 is 5.78 Å². The van der Waals surface area contributed by atoms with Crippen molar-refractivity contribution in [3.8, 4) is 0 Å². The second-order valence-electron chi connectivity index (χ2n) is 1.83. The van der Waals surface area contributed by atoms with Gasteiger partial charge in [-0.2, -0.15) is 0 Å². The predicted octanol–water partition coefficient (Wildman–Crippen LogP) is 1.11. The van der Waals surface area contributed by atoms with Crippen LogP contribution in [-0.4, -0.2) is 19.5 Å². The minimum Gasteiger partial charge on any atom is -0.461 e. The first-order valence-corrected chi connectivity index (χ1v) is 2.90. The van der Waals surface area contributed by atoms with Gasteiger partial charge in [0.05, 0.1) is 6.26 Å². The van der Waals surface area contributed by atoms with E-state index in [9.17, 15) is 4.79 Å². The Hall–Kier alpha value is -1.09. The molecule has 0 saturated heterocycles. The molecular formula is C7H8O3. The molecule has 0 saturated carbocycles. The molecule has 3 nitrogen and oxygen atoms in total. The summed E-state index contributed by atoms with van der Waals surface area (Å²) in [5.41, 5.74) is 0. The van der Waals surface area contributed by atoms with Gasteiger partial charge < -0.3 is 9.15 Å². The summed E-state index contributed by atoms with van der Waals surface area (Å²) in [5, 5.41) is 0. The summed E-state index contributed by atoms with van der Waals surface area (Å²) < 4.78 is 9.44. The first-order valence-electron chi connectivity index (χ1n) is 2.90. The van der Waals surface area contributed by atoms with Crippen LogP contribution in [0.25, 0.3) is 0 Å². The zero-order chi connectivity index (χ0) is 7.40. The maximum Gasteiger partial charge on any atom is 0.223 e. The number of ether oxygens (including phenoxy) is 1. The van der Waals surface area contributed by atoms with Gasteiger partial charge in [-0.15, -0.1) is 0 Å². The van der Waals surface area contributed by atoms with Crippen molar-refractivity contribution in [1.29, 1.82) is 0 Å². The number of Topliss-reactive ketones (excluding diaryl/α,β-unsaturated/α-hetero) is 1. The lowest BCUT2D eigenvalue weighted by atomic mass is 10.3. The number of ketones is 1. The van der Waals surface area contributed by atoms with Crippen LogP contribution in [0.3, 0.4) is 0 Å². The third-order valence-corrected chi connectivity index (χ3v) is 1.07. The summed E-state index contributed by atoms with van der Waals surface area (Å²) in [7, 11) is 1.47. The average Bonchev–Trinajstić information content (AvgIpc) is 2.38. The third-order valence-electron chi connectivity index (χ3n) is 1.07. The summed E-state index contributed by atoms with van der Waals surface area (Å²) >= 11 is 0. The minimum atomic E-state index is -0.132. The highest BCUT2D eigenvalue weighted by Gasteiger charge is 2.06. The van der Waals surface area contributed by atoms with Gasteiger partial charge in [0.25, 0.3) is 0 Å². The lowest BCUT2D eigenvalue weighted by Gasteiger charge is -1.91. The fraction of sp³-hybridized carbons (Fsp3) is 0.286. The molecule has 1 aromatic heterocycles. The zero-order valence-corrected chi connectivity index (χ0v) is 5.66. The van der Waals surface area contributed by atoms with E-state index >= 15 is 0 Å². The van der Waals surface area contributed by atoms with E-state index in [-0.39, 0.29) is 12.4 Å². The molecule has 0 aliphatic rings. The Morgan fingerprint density at radius 3 is 3.10 bits per heavy atom. The van der Waals surface area contributed by atoms with Crippen molar-refractivity contribution in [1.82, 2.24) is 0 Å². The molecule has 1 heterocycles. The Bertz CT molecular complexity index is 201. The van der Waals surface area contributed by atoms with Crippen LogP contribution in [0.2, 0.25) is 0 Å². The average molecular weight is 140 g/mol. The predicted molar refractivity (Wildman–Crippen MR) is 34.9 cm³/mol. The summed E-state index contributed by atoms with van der Waals surface area (Å²) in [6, 6.07) is 3.28. The molecule has 0 unspecified atom stereocenters. The lowest BCUT2D eigenvalue weighted by molar-refractivity contribution is 0.0820. The number of carbonyl (C=O) groups is 1. The van der Waals surface area contributed by atoms with E-state index < -0.39 is 0 Å². The Morgan fingerprint density at radius 1 is 1.80 bits per heavy atom. The van der Waals surface area contributed by atoms with Crippen molar-refractivity contribution in [3.63, 3.8) is 0 Å². The molecule has 0 radical (unpaired) electrons. The van der Waals surface area contributed by atoms with Gasteiger partial charge in [-0.3, -0.25) is 4.79 Å². The number of furan rings is 1. The fourth-order valence-electron chi connectivity index (χ4n) is 0.639. The van der Waals surface area contributed by atoms with Crippen LogP contribution < -0.4 is 0 Å². The standard InChI is InChI=1S/C7H8O3/c1-9-5-6(8)7-3-2-4-10-7/h2-4H,5H2,1H3. The van der Waals surface area contributed by atoms with E-state index in [1.807, 2.05) is 0 Å². The van der Waals surface area contributed by atoms with Gasteiger partial charge in [-0.1, -0.05) is 0 Å². The molecule has 0 aromatic carbocycles. The van der Waals surface area contributed by atoms with Gasteiger partial charge in [-0.25, -0.2) is 0 Å². The normalized spacial score (nSPS) is 9.70. The van der Waals surface area contributed by atoms with Crippen LogP contribution in [0.15, 0.2) is 22.8 Å². The number of rotatable bonds is 3. The molecule has 0 aliphatic carbocycles. The van der Waals surface area contributed by atoms with E-state index in [4.69, 9.17) is 4.42 Å². The van der Waals surface area contributed by atoms with Crippen LogP contribution in [0, 0.1) is 0 Å². The first kappa shape index (κ1) is 7.02. The van der Waals surface area contributed by atoms with Crippen LogP contribution in [0.4, 0.5) is 0 Å². The quantitative estimate of drug-likeness (QED) is 0.590. The monoisotopic (exact) mass is 140 g/mol. The highest BCUT2D eigenvalue weighted by atomic mass is 16.5. The minimum absolute atomic E-state index is 0.0769. The Balaban J connectivity index is 2.59. The first-order chi connectivity index (χ1) is 4.84. The van der Waals surface area contributed by atoms with E-state index in [1.54, 1.807) is 12.1 Å². The number of hydrogen-bond acceptors (Lipinski definition) is 3. The van der Waals surface area contributed by atoms with Gasteiger partial charge in [-0.05, 0) is 12.1 Å². The largest absolute Gasteiger partial charge is 0.461 e. The maximum atomic E-state index is 10.9. The van der Waals surface area contributed by atoms with Crippen molar-refractivity contribution in [2.75, 3.05) is 13.7 Å². The van der Waals surface area contributed by atoms with Crippen LogP contribution in [0.5, 0.6) is 0 Å². The van der Waals surface area contributed by atoms with E-state index in [0.29, 0.717) is 5.76 Å². The highest BCUT2D eigenvalue weighted by Crippen LogP contribution is 2.00. The molecule has 0 aliphatic heterocycles. The molecule has 0 fully saturated rings. The second kappa shape index (κ2) is 3.17. The Kier molecular flexibility index (Phi) is 2.23. The van der Waals surface area contributed by atoms with E-state index in [1.165, 1.54) is 13.4 Å². The SMILES string of the molecule is COCC(=O)c1ccco1. The Labute approximate surface area is 58.6 Å². The molecule has 0 spiro atoms. The smallest absolute Gasteiger partial charge is 0.223 e. The van der Waals surface area contributed by atoms with Gasteiger partial charge in [0.1, 0.15) is 6.61 Å². The Morgan fingerprint density at radius 2 is 2.60 bits per heavy atom. The van der Waals surface area contributed by atoms with Crippen molar-refractivity contribution in [2.24, 2.45) is 0 Å². The molecule has 54 valence electrons. The number of methoxy groups -OCH3 is 1. The molecule has 0 atom stereocenters. The highest BCUT2D eigenvalue weighted by molar-refractivity contribution is 5.94. The molecule has 0 bridgehead atoms. The third kappa shape index (κ3) is 1.45. The lowest BCUT2D eigenvalue weighted by Crippen LogP contribution is -2.04. The van der Waals surface area contributed by atoms with Gasteiger partial charge in [0, 0.05) is 7.11 Å². The van der Waals surface area contributed by atoms with E-state index in [0.717, 1.165) is 0 Å². The van der Waals surface area contributed by atoms with Crippen LogP contribution in [-0.2, 0) is 4.74 Å². The molecule has 1 rings (SSSR count). The van der Waals surface area contributed by atoms with Gasteiger partial charge >= 0.3 is 0 Å². The molecule has 10 heavy (non-hydrogen) atoms. The molecular weight excluding hydrogens is 132 g/mol. The van der Waals surface area contributed by atoms with E-state index in [2.05, 4.69) is 4.74 Å². The van der Waals surface area contributed by atoms with Crippen LogP contribution >= 0.6 is 0 Å². The van der Waals surface area contributed by atoms with Crippen LogP contribution in [0.1, 0.15) is 10.6 Å². The van der Waals surface area contributed by atoms with Gasteiger partial charge in [0.15, 0.2) is 5.76 Å². The van der Waals surface area contributed by atoms with Crippen molar-refractivity contribution < 1.29 is 13.9 Å². The molecule has 0 N–H and O–H groups in total. The summed E-state index contributed by atoms with van der Waals surface area (Å²) in [4.78, 5) is 10.9. The summed E-state index contributed by atoms with van der Waals surface area (Å²) in [6.07, 6.45) is 1.46. The molecule has 0 amide bonds. The zero-order valence-electron chi connectivity index (χ0n) is 5.66. The summed E-state index contributed by atoms with van der Waals surface area (Å²) in [6.45, 7) is 0.0769. The number of carbonyl (C=O) groups excluding carboxylic acids is 1. The summed E-state index contributed by atoms with van der Waals surface area (Å²) in [5.74, 6) is 0.217. The topological polar surface area (TPSA) is 39.4 Å². The van der Waals surface area contributed by atoms with Gasteiger partial charge in [0.2, 0.25) is 5.78 Å². The molecule has 1 aromatic rings. The molecule has 3 heteroatoms. The fourth-order valence-corrected chi connectivity index (χ4v) is 0.639.